The lowest BCUT2D eigenvalue weighted by atomic mass is 10.0. The van der Waals surface area contributed by atoms with Gasteiger partial charge in [-0.3, -0.25) is 9.89 Å². The smallest absolute Gasteiger partial charge is 0.191 e. The lowest BCUT2D eigenvalue weighted by Gasteiger charge is -2.28. The number of ether oxygens (including phenoxy) is 1. The molecule has 0 amide bonds. The van der Waals surface area contributed by atoms with Crippen molar-refractivity contribution in [2.75, 3.05) is 51.8 Å². The van der Waals surface area contributed by atoms with Crippen LogP contribution in [0.15, 0.2) is 29.3 Å². The Balaban J connectivity index is 2.09. The number of hydrogen-bond donors (Lipinski definition) is 2. The van der Waals surface area contributed by atoms with E-state index in [0.29, 0.717) is 19.5 Å². The number of benzene rings is 1. The van der Waals surface area contributed by atoms with E-state index >= 15 is 0 Å². The Labute approximate surface area is 169 Å². The second-order valence-corrected chi connectivity index (χ2v) is 9.39. The normalized spacial score (nSPS) is 16.8. The SMILES string of the molecule is CCNC(=NCC(c1ccccc1OC)N1CCCC1)NCCCS(C)(=O)=O. The van der Waals surface area contributed by atoms with Gasteiger partial charge in [-0.1, -0.05) is 18.2 Å². The van der Waals surface area contributed by atoms with Crippen LogP contribution in [0.25, 0.3) is 0 Å². The molecule has 0 spiro atoms. The van der Waals surface area contributed by atoms with Crippen LogP contribution in [-0.4, -0.2) is 71.1 Å². The van der Waals surface area contributed by atoms with E-state index in [0.717, 1.165) is 36.9 Å². The first-order chi connectivity index (χ1) is 13.4. The molecule has 1 aromatic rings. The minimum atomic E-state index is -2.94. The van der Waals surface area contributed by atoms with Gasteiger partial charge in [-0.15, -0.1) is 0 Å². The third kappa shape index (κ3) is 7.31. The second-order valence-electron chi connectivity index (χ2n) is 7.13. The Morgan fingerprint density at radius 2 is 1.96 bits per heavy atom. The number of rotatable bonds is 10. The van der Waals surface area contributed by atoms with E-state index in [9.17, 15) is 8.42 Å². The standard InChI is InChI=1S/C20H34N4O3S/c1-4-21-20(22-12-9-15-28(3,25)26)23-16-18(24-13-7-8-14-24)17-10-5-6-11-19(17)27-2/h5-6,10-11,18H,4,7-9,12-16H2,1-3H3,(H2,21,22,23). The fourth-order valence-corrected chi connectivity index (χ4v) is 4.13. The van der Waals surface area contributed by atoms with Gasteiger partial charge < -0.3 is 15.4 Å². The molecule has 7 nitrogen and oxygen atoms in total. The molecule has 0 aromatic heterocycles. The fraction of sp³-hybridized carbons (Fsp3) is 0.650. The van der Waals surface area contributed by atoms with Gasteiger partial charge in [0.1, 0.15) is 15.6 Å². The first-order valence-corrected chi connectivity index (χ1v) is 12.1. The van der Waals surface area contributed by atoms with Gasteiger partial charge in [0.2, 0.25) is 0 Å². The molecule has 1 aliphatic heterocycles. The zero-order valence-corrected chi connectivity index (χ0v) is 18.1. The first-order valence-electron chi connectivity index (χ1n) is 10.0. The Morgan fingerprint density at radius 1 is 1.25 bits per heavy atom. The van der Waals surface area contributed by atoms with Crippen LogP contribution in [0.2, 0.25) is 0 Å². The molecule has 0 bridgehead atoms. The summed E-state index contributed by atoms with van der Waals surface area (Å²) in [7, 11) is -1.23. The predicted molar refractivity (Wildman–Crippen MR) is 115 cm³/mol. The van der Waals surface area contributed by atoms with Crippen molar-refractivity contribution in [3.05, 3.63) is 29.8 Å². The number of sulfone groups is 1. The van der Waals surface area contributed by atoms with Gasteiger partial charge >= 0.3 is 0 Å². The molecule has 1 saturated heterocycles. The Bertz CT molecular complexity index is 731. The van der Waals surface area contributed by atoms with Crippen LogP contribution in [-0.2, 0) is 9.84 Å². The largest absolute Gasteiger partial charge is 0.496 e. The molecule has 8 heteroatoms. The van der Waals surface area contributed by atoms with Crippen LogP contribution in [0.1, 0.15) is 37.8 Å². The van der Waals surface area contributed by atoms with Gasteiger partial charge in [-0.25, -0.2) is 8.42 Å². The monoisotopic (exact) mass is 410 g/mol. The summed E-state index contributed by atoms with van der Waals surface area (Å²) in [4.78, 5) is 7.26. The maximum atomic E-state index is 11.3. The molecule has 1 atom stereocenters. The molecule has 1 unspecified atom stereocenters. The fourth-order valence-electron chi connectivity index (χ4n) is 3.47. The average molecular weight is 411 g/mol. The van der Waals surface area contributed by atoms with Gasteiger partial charge in [0, 0.05) is 24.9 Å². The minimum absolute atomic E-state index is 0.158. The highest BCUT2D eigenvalue weighted by molar-refractivity contribution is 7.90. The summed E-state index contributed by atoms with van der Waals surface area (Å²) in [6.07, 6.45) is 4.24. The number of para-hydroxylation sites is 1. The van der Waals surface area contributed by atoms with E-state index in [1.807, 2.05) is 25.1 Å². The molecule has 0 radical (unpaired) electrons. The maximum absolute atomic E-state index is 11.3. The van der Waals surface area contributed by atoms with E-state index in [4.69, 9.17) is 9.73 Å². The number of methoxy groups -OCH3 is 1. The Morgan fingerprint density at radius 3 is 2.61 bits per heavy atom. The van der Waals surface area contributed by atoms with Crippen molar-refractivity contribution >= 4 is 15.8 Å². The predicted octanol–water partition coefficient (Wildman–Crippen LogP) is 1.82. The number of guanidine groups is 1. The molecule has 1 aromatic carbocycles. The zero-order valence-electron chi connectivity index (χ0n) is 17.3. The Kier molecular flexibility index (Phi) is 9.05. The van der Waals surface area contributed by atoms with Crippen molar-refractivity contribution in [2.24, 2.45) is 4.99 Å². The summed E-state index contributed by atoms with van der Waals surface area (Å²) in [5.41, 5.74) is 1.16. The topological polar surface area (TPSA) is 83.0 Å². The van der Waals surface area contributed by atoms with Crippen molar-refractivity contribution in [3.8, 4) is 5.75 Å². The van der Waals surface area contributed by atoms with Crippen LogP contribution < -0.4 is 15.4 Å². The highest BCUT2D eigenvalue weighted by Crippen LogP contribution is 2.31. The van der Waals surface area contributed by atoms with Gasteiger partial charge in [-0.05, 0) is 45.3 Å². The van der Waals surface area contributed by atoms with Crippen LogP contribution in [0.3, 0.4) is 0 Å². The second kappa shape index (κ2) is 11.3. The molecule has 1 fully saturated rings. The molecule has 0 saturated carbocycles. The van der Waals surface area contributed by atoms with Crippen LogP contribution in [0, 0.1) is 0 Å². The van der Waals surface area contributed by atoms with Crippen molar-refractivity contribution in [1.29, 1.82) is 0 Å². The lowest BCUT2D eigenvalue weighted by molar-refractivity contribution is 0.245. The van der Waals surface area contributed by atoms with Gasteiger partial charge in [0.05, 0.1) is 25.4 Å². The van der Waals surface area contributed by atoms with Crippen molar-refractivity contribution in [3.63, 3.8) is 0 Å². The number of hydrogen-bond acceptors (Lipinski definition) is 5. The van der Waals surface area contributed by atoms with E-state index in [2.05, 4.69) is 21.6 Å². The number of likely N-dealkylation sites (tertiary alicyclic amines) is 1. The maximum Gasteiger partial charge on any atom is 0.191 e. The molecular formula is C20H34N4O3S. The first kappa shape index (κ1) is 22.5. The van der Waals surface area contributed by atoms with Gasteiger partial charge in [0.25, 0.3) is 0 Å². The van der Waals surface area contributed by atoms with Crippen LogP contribution >= 0.6 is 0 Å². The molecule has 2 rings (SSSR count). The minimum Gasteiger partial charge on any atom is -0.496 e. The molecular weight excluding hydrogens is 376 g/mol. The van der Waals surface area contributed by atoms with Crippen molar-refractivity contribution in [2.45, 2.75) is 32.2 Å². The molecule has 158 valence electrons. The summed E-state index contributed by atoms with van der Waals surface area (Å²) < 4.78 is 28.2. The number of aliphatic imine (C=N–C) groups is 1. The number of nitrogens with one attached hydrogen (secondary N) is 2. The summed E-state index contributed by atoms with van der Waals surface area (Å²) in [5, 5.41) is 6.49. The lowest BCUT2D eigenvalue weighted by Crippen LogP contribution is -2.39. The molecule has 28 heavy (non-hydrogen) atoms. The molecule has 2 N–H and O–H groups in total. The third-order valence-corrected chi connectivity index (χ3v) is 5.86. The molecule has 1 heterocycles. The third-order valence-electron chi connectivity index (χ3n) is 4.83. The zero-order chi connectivity index (χ0) is 20.4. The van der Waals surface area contributed by atoms with E-state index in [1.54, 1.807) is 7.11 Å². The van der Waals surface area contributed by atoms with E-state index in [1.165, 1.54) is 19.1 Å². The summed E-state index contributed by atoms with van der Waals surface area (Å²) in [5.74, 6) is 1.78. The molecule has 1 aliphatic rings. The van der Waals surface area contributed by atoms with E-state index in [-0.39, 0.29) is 11.8 Å². The average Bonchev–Trinajstić information content (AvgIpc) is 3.19. The van der Waals surface area contributed by atoms with Crippen molar-refractivity contribution < 1.29 is 13.2 Å². The number of nitrogens with zero attached hydrogens (tertiary/aromatic N) is 2. The highest BCUT2D eigenvalue weighted by Gasteiger charge is 2.25. The summed E-state index contributed by atoms with van der Waals surface area (Å²) >= 11 is 0. The van der Waals surface area contributed by atoms with Crippen LogP contribution in [0.4, 0.5) is 0 Å². The highest BCUT2D eigenvalue weighted by atomic mass is 32.2. The summed E-state index contributed by atoms with van der Waals surface area (Å²) in [6, 6.07) is 8.30. The van der Waals surface area contributed by atoms with Gasteiger partial charge in [0.15, 0.2) is 5.96 Å². The van der Waals surface area contributed by atoms with Crippen LogP contribution in [0.5, 0.6) is 5.75 Å². The van der Waals surface area contributed by atoms with Crippen molar-refractivity contribution in [1.82, 2.24) is 15.5 Å². The van der Waals surface area contributed by atoms with E-state index < -0.39 is 9.84 Å². The quantitative estimate of drug-likeness (QED) is 0.348. The summed E-state index contributed by atoms with van der Waals surface area (Å²) in [6.45, 7) is 6.09. The van der Waals surface area contributed by atoms with Gasteiger partial charge in [-0.2, -0.15) is 0 Å². The molecule has 0 aliphatic carbocycles. The Hall–Kier alpha value is -1.80.